The zero-order valence-corrected chi connectivity index (χ0v) is 13.6. The summed E-state index contributed by atoms with van der Waals surface area (Å²) in [5, 5.41) is 13.7. The molecule has 19 heavy (non-hydrogen) atoms. The van der Waals surface area contributed by atoms with E-state index in [2.05, 4.69) is 27.4 Å². The van der Waals surface area contributed by atoms with Gasteiger partial charge in [-0.15, -0.1) is 10.3 Å². The van der Waals surface area contributed by atoms with Gasteiger partial charge in [-0.2, -0.15) is 0 Å². The summed E-state index contributed by atoms with van der Waals surface area (Å²) in [7, 11) is 0. The van der Waals surface area contributed by atoms with Gasteiger partial charge >= 0.3 is 0 Å². The van der Waals surface area contributed by atoms with E-state index in [0.717, 1.165) is 12.0 Å². The maximum absolute atomic E-state index is 12.4. The van der Waals surface area contributed by atoms with E-state index in [9.17, 15) is 5.21 Å². The van der Waals surface area contributed by atoms with Gasteiger partial charge in [0, 0.05) is 5.92 Å². The second-order valence-electron chi connectivity index (χ2n) is 7.14. The Balaban J connectivity index is 2.47. The molecule has 111 valence electrons. The molecule has 0 bridgehead atoms. The Morgan fingerprint density at radius 2 is 1.58 bits per heavy atom. The van der Waals surface area contributed by atoms with Crippen molar-refractivity contribution in [1.29, 1.82) is 0 Å². The molecule has 1 saturated heterocycles. The second-order valence-corrected chi connectivity index (χ2v) is 7.14. The van der Waals surface area contributed by atoms with Gasteiger partial charge < -0.3 is 0 Å². The molecule has 1 atom stereocenters. The molecule has 0 aromatic heterocycles. The molecule has 0 amide bonds. The summed E-state index contributed by atoms with van der Waals surface area (Å²) in [5.74, 6) is 0.339. The number of hydrogen-bond acceptors (Lipinski definition) is 1. The van der Waals surface area contributed by atoms with Crippen LogP contribution >= 0.6 is 0 Å². The van der Waals surface area contributed by atoms with Crippen molar-refractivity contribution in [2.75, 3.05) is 0 Å². The average molecular weight is 266 g/mol. The topological polar surface area (TPSA) is 23.1 Å². The lowest BCUT2D eigenvalue weighted by Gasteiger charge is -2.33. The molecule has 1 fully saturated rings. The lowest BCUT2D eigenvalue weighted by molar-refractivity contribution is -0.246. The number of unbranched alkanes of at least 4 members (excludes halogenated alkanes) is 5. The van der Waals surface area contributed by atoms with Crippen LogP contribution in [0.4, 0.5) is 0 Å². The smallest absolute Gasteiger partial charge is 0.0653 e. The fraction of sp³-hybridized carbons (Fsp3) is 0.882. The summed E-state index contributed by atoms with van der Waals surface area (Å²) in [6.45, 7) is 14.6. The molecule has 0 saturated carbocycles. The maximum Gasteiger partial charge on any atom is 0.0653 e. The van der Waals surface area contributed by atoms with Crippen molar-refractivity contribution in [3.8, 4) is 0 Å². The highest BCUT2D eigenvalue weighted by atomic mass is 16.5. The van der Waals surface area contributed by atoms with Gasteiger partial charge in [0.05, 0.1) is 11.1 Å². The Labute approximate surface area is 119 Å². The maximum atomic E-state index is 12.4. The van der Waals surface area contributed by atoms with Crippen LogP contribution in [0, 0.1) is 5.92 Å². The zero-order chi connectivity index (χ0) is 14.7. The van der Waals surface area contributed by atoms with Crippen LogP contribution in [0.15, 0.2) is 12.2 Å². The summed E-state index contributed by atoms with van der Waals surface area (Å²) in [6.07, 6.45) is 8.96. The Hall–Kier alpha value is -0.340. The summed E-state index contributed by atoms with van der Waals surface area (Å²) >= 11 is 0. The highest BCUT2D eigenvalue weighted by molar-refractivity contribution is 5.27. The van der Waals surface area contributed by atoms with Gasteiger partial charge in [0.15, 0.2) is 0 Å². The standard InChI is InChI=1S/C17H32NO/c1-7-8-9-10-11-12-13-15-14(2)16(3,4)18(19)17(15,5)6/h15H,2,7-13H2,1,3-6H3. The first kappa shape index (κ1) is 16.7. The van der Waals surface area contributed by atoms with Gasteiger partial charge in [-0.25, -0.2) is 0 Å². The van der Waals surface area contributed by atoms with E-state index >= 15 is 0 Å². The number of rotatable bonds is 7. The molecule has 1 radical (unpaired) electrons. The predicted octanol–water partition coefficient (Wildman–Crippen LogP) is 5.13. The van der Waals surface area contributed by atoms with E-state index in [0.29, 0.717) is 5.92 Å². The third-order valence-electron chi connectivity index (χ3n) is 4.94. The van der Waals surface area contributed by atoms with Crippen LogP contribution in [-0.4, -0.2) is 16.1 Å². The van der Waals surface area contributed by atoms with Crippen LogP contribution in [0.3, 0.4) is 0 Å². The van der Waals surface area contributed by atoms with Crippen molar-refractivity contribution >= 4 is 0 Å². The van der Waals surface area contributed by atoms with E-state index in [4.69, 9.17) is 0 Å². The number of hydroxylamine groups is 2. The van der Waals surface area contributed by atoms with Crippen LogP contribution in [0.5, 0.6) is 0 Å². The van der Waals surface area contributed by atoms with Gasteiger partial charge in [0.25, 0.3) is 0 Å². The van der Waals surface area contributed by atoms with Crippen molar-refractivity contribution in [3.05, 3.63) is 12.2 Å². The Morgan fingerprint density at radius 3 is 2.05 bits per heavy atom. The largest absolute Gasteiger partial charge is 0.139 e. The number of hydrogen-bond donors (Lipinski definition) is 0. The zero-order valence-electron chi connectivity index (χ0n) is 13.6. The molecule has 0 aromatic carbocycles. The van der Waals surface area contributed by atoms with E-state index in [-0.39, 0.29) is 5.54 Å². The minimum absolute atomic E-state index is 0.302. The molecule has 0 spiro atoms. The van der Waals surface area contributed by atoms with E-state index < -0.39 is 5.54 Å². The summed E-state index contributed by atoms with van der Waals surface area (Å²) in [6, 6.07) is 0. The first-order chi connectivity index (χ1) is 8.76. The van der Waals surface area contributed by atoms with Crippen LogP contribution in [0.2, 0.25) is 0 Å². The molecular formula is C17H32NO. The molecular weight excluding hydrogens is 234 g/mol. The normalized spacial score (nSPS) is 26.0. The average Bonchev–Trinajstić information content (AvgIpc) is 2.45. The number of nitrogens with zero attached hydrogens (tertiary/aromatic N) is 1. The van der Waals surface area contributed by atoms with Gasteiger partial charge in [-0.3, -0.25) is 0 Å². The SMILES string of the molecule is C=C1C(CCCCCCCC)C(C)(C)N([O])C1(C)C. The van der Waals surface area contributed by atoms with Gasteiger partial charge in [0.1, 0.15) is 0 Å². The fourth-order valence-electron chi connectivity index (χ4n) is 3.50. The minimum Gasteiger partial charge on any atom is -0.139 e. The summed E-state index contributed by atoms with van der Waals surface area (Å²) in [5.41, 5.74) is 0.418. The van der Waals surface area contributed by atoms with Gasteiger partial charge in [-0.1, -0.05) is 57.6 Å². The van der Waals surface area contributed by atoms with E-state index in [1.165, 1.54) is 43.6 Å². The van der Waals surface area contributed by atoms with Crippen LogP contribution < -0.4 is 0 Å². The van der Waals surface area contributed by atoms with Crippen molar-refractivity contribution in [2.24, 2.45) is 5.92 Å². The molecule has 1 aliphatic heterocycles. The molecule has 2 nitrogen and oxygen atoms in total. The molecule has 0 N–H and O–H groups in total. The van der Waals surface area contributed by atoms with Crippen molar-refractivity contribution in [1.82, 2.24) is 5.06 Å². The van der Waals surface area contributed by atoms with Crippen LogP contribution in [0.1, 0.15) is 79.6 Å². The van der Waals surface area contributed by atoms with Crippen molar-refractivity contribution in [2.45, 2.75) is 90.6 Å². The second kappa shape index (κ2) is 6.41. The lowest BCUT2D eigenvalue weighted by atomic mass is 9.80. The first-order valence-corrected chi connectivity index (χ1v) is 7.93. The molecule has 0 aromatic rings. The molecule has 1 heterocycles. The van der Waals surface area contributed by atoms with Gasteiger partial charge in [0.2, 0.25) is 0 Å². The van der Waals surface area contributed by atoms with Crippen molar-refractivity contribution in [3.63, 3.8) is 0 Å². The van der Waals surface area contributed by atoms with E-state index in [1.807, 2.05) is 13.8 Å². The first-order valence-electron chi connectivity index (χ1n) is 7.93. The lowest BCUT2D eigenvalue weighted by Crippen LogP contribution is -2.46. The summed E-state index contributed by atoms with van der Waals surface area (Å²) in [4.78, 5) is 0. The Morgan fingerprint density at radius 1 is 1.05 bits per heavy atom. The summed E-state index contributed by atoms with van der Waals surface area (Å²) < 4.78 is 0. The third-order valence-corrected chi connectivity index (χ3v) is 4.94. The molecule has 1 aliphatic rings. The van der Waals surface area contributed by atoms with Crippen molar-refractivity contribution < 1.29 is 5.21 Å². The minimum atomic E-state index is -0.406. The monoisotopic (exact) mass is 266 g/mol. The molecule has 0 aliphatic carbocycles. The quantitative estimate of drug-likeness (QED) is 0.463. The third kappa shape index (κ3) is 3.41. The molecule has 1 rings (SSSR count). The molecule has 1 unspecified atom stereocenters. The highest BCUT2D eigenvalue weighted by Crippen LogP contribution is 2.49. The highest BCUT2D eigenvalue weighted by Gasteiger charge is 2.54. The predicted molar refractivity (Wildman–Crippen MR) is 81.3 cm³/mol. The fourth-order valence-corrected chi connectivity index (χ4v) is 3.50. The Kier molecular flexibility index (Phi) is 5.64. The molecule has 2 heteroatoms. The van der Waals surface area contributed by atoms with Crippen LogP contribution in [0.25, 0.3) is 0 Å². The van der Waals surface area contributed by atoms with E-state index in [1.54, 1.807) is 0 Å². The van der Waals surface area contributed by atoms with Gasteiger partial charge in [-0.05, 0) is 34.1 Å². The van der Waals surface area contributed by atoms with Crippen LogP contribution in [-0.2, 0) is 5.21 Å². The Bertz CT molecular complexity index is 306.